The van der Waals surface area contributed by atoms with Crippen molar-refractivity contribution in [2.75, 3.05) is 7.11 Å². The van der Waals surface area contributed by atoms with Crippen LogP contribution in [0.2, 0.25) is 0 Å². The van der Waals surface area contributed by atoms with Crippen molar-refractivity contribution >= 4 is 17.3 Å². The molecule has 2 aromatic rings. The number of hydrogen-bond acceptors (Lipinski definition) is 5. The summed E-state index contributed by atoms with van der Waals surface area (Å²) in [6.07, 6.45) is 2.02. The number of non-ortho nitro benzene ring substituents is 1. The summed E-state index contributed by atoms with van der Waals surface area (Å²) < 4.78 is 5.33. The predicted octanol–water partition coefficient (Wildman–Crippen LogP) is 3.76. The molecule has 0 fully saturated rings. The maximum Gasteiger partial charge on any atom is 0.269 e. The Labute approximate surface area is 162 Å². The van der Waals surface area contributed by atoms with Gasteiger partial charge in [-0.3, -0.25) is 20.3 Å². The Kier molecular flexibility index (Phi) is 4.50. The van der Waals surface area contributed by atoms with E-state index >= 15 is 0 Å². The number of ether oxygens (including phenoxy) is 1. The average Bonchev–Trinajstić information content (AvgIpc) is 3.12. The number of nitrogens with one attached hydrogen (secondary N) is 1. The molecule has 0 radical (unpaired) electrons. The van der Waals surface area contributed by atoms with Crippen LogP contribution in [-0.2, 0) is 11.2 Å². The van der Waals surface area contributed by atoms with Crippen LogP contribution in [0.3, 0.4) is 0 Å². The summed E-state index contributed by atoms with van der Waals surface area (Å²) in [5, 5.41) is 12.6. The fourth-order valence-electron chi connectivity index (χ4n) is 3.97. The third-order valence-corrected chi connectivity index (χ3v) is 5.38. The van der Waals surface area contributed by atoms with Gasteiger partial charge >= 0.3 is 0 Å². The Hall–Kier alpha value is -3.35. The summed E-state index contributed by atoms with van der Waals surface area (Å²) in [7, 11) is 1.65. The van der Waals surface area contributed by atoms with Gasteiger partial charge in [-0.15, -0.1) is 0 Å². The van der Waals surface area contributed by atoms with Crippen LogP contribution in [0.4, 0.5) is 5.69 Å². The van der Waals surface area contributed by atoms with E-state index in [-0.39, 0.29) is 17.6 Å². The minimum Gasteiger partial charge on any atom is -0.497 e. The zero-order valence-electron chi connectivity index (χ0n) is 15.8. The first kappa shape index (κ1) is 18.0. The highest BCUT2D eigenvalue weighted by Gasteiger charge is 2.39. The number of carbonyl (C=O) groups is 1. The Bertz CT molecular complexity index is 982. The van der Waals surface area contributed by atoms with E-state index in [2.05, 4.69) is 5.43 Å². The molecule has 4 rings (SSSR count). The summed E-state index contributed by atoms with van der Waals surface area (Å²) >= 11 is 0. The van der Waals surface area contributed by atoms with E-state index in [1.807, 2.05) is 25.1 Å². The molecule has 1 aliphatic heterocycles. The fourth-order valence-corrected chi connectivity index (χ4v) is 3.97. The number of carbonyl (C=O) groups excluding carboxylic acids is 1. The second kappa shape index (κ2) is 6.99. The highest BCUT2D eigenvalue weighted by molar-refractivity contribution is 5.83. The van der Waals surface area contributed by atoms with E-state index in [1.54, 1.807) is 24.3 Å². The van der Waals surface area contributed by atoms with Gasteiger partial charge in [0.15, 0.2) is 0 Å². The monoisotopic (exact) mass is 379 g/mol. The molecule has 28 heavy (non-hydrogen) atoms. The van der Waals surface area contributed by atoms with Gasteiger partial charge in [-0.2, -0.15) is 0 Å². The molecule has 7 heteroatoms. The van der Waals surface area contributed by atoms with Crippen molar-refractivity contribution in [1.82, 2.24) is 10.4 Å². The molecule has 0 saturated heterocycles. The van der Waals surface area contributed by atoms with Gasteiger partial charge in [-0.25, -0.2) is 5.01 Å². The molecule has 1 N–H and O–H groups in total. The summed E-state index contributed by atoms with van der Waals surface area (Å²) in [5.41, 5.74) is 8.55. The molecule has 1 amide bonds. The number of rotatable bonds is 4. The van der Waals surface area contributed by atoms with Crippen molar-refractivity contribution in [2.45, 2.75) is 32.2 Å². The van der Waals surface area contributed by atoms with Crippen LogP contribution in [-0.4, -0.2) is 22.9 Å². The van der Waals surface area contributed by atoms with E-state index < -0.39 is 4.92 Å². The van der Waals surface area contributed by atoms with Gasteiger partial charge in [0.2, 0.25) is 5.91 Å². The number of nitrogens with zero attached hydrogens (tertiary/aromatic N) is 2. The van der Waals surface area contributed by atoms with E-state index in [0.717, 1.165) is 41.0 Å². The average molecular weight is 379 g/mol. The Balaban J connectivity index is 1.79. The standard InChI is InChI=1S/C21H21N3O4/c1-3-19(25)23-21(13-4-7-15(8-5-13)24(26)27)18-10-6-14-12-16(28-2)9-11-17(14)20(18)22-23/h4-5,7-9,11-12,21-22H,3,6,10H2,1-2H3. The summed E-state index contributed by atoms with van der Waals surface area (Å²) in [4.78, 5) is 23.2. The van der Waals surface area contributed by atoms with Crippen molar-refractivity contribution < 1.29 is 14.5 Å². The van der Waals surface area contributed by atoms with E-state index in [4.69, 9.17) is 4.74 Å². The zero-order chi connectivity index (χ0) is 19.8. The van der Waals surface area contributed by atoms with E-state index in [0.29, 0.717) is 6.42 Å². The maximum absolute atomic E-state index is 12.6. The molecule has 1 atom stereocenters. The van der Waals surface area contributed by atoms with Crippen LogP contribution in [0.1, 0.15) is 42.5 Å². The van der Waals surface area contributed by atoms with Crippen LogP contribution < -0.4 is 10.2 Å². The number of benzene rings is 2. The number of hydrazine groups is 1. The lowest BCUT2D eigenvalue weighted by Crippen LogP contribution is -2.39. The molecular formula is C21H21N3O4. The first-order valence-corrected chi connectivity index (χ1v) is 9.27. The van der Waals surface area contributed by atoms with Crippen LogP contribution >= 0.6 is 0 Å². The third-order valence-electron chi connectivity index (χ3n) is 5.38. The molecule has 0 spiro atoms. The quantitative estimate of drug-likeness (QED) is 0.646. The number of amides is 1. The molecule has 1 aliphatic carbocycles. The Morgan fingerprint density at radius 2 is 2.00 bits per heavy atom. The fraction of sp³-hybridized carbons (Fsp3) is 0.286. The molecule has 0 aromatic heterocycles. The zero-order valence-corrected chi connectivity index (χ0v) is 15.8. The summed E-state index contributed by atoms with van der Waals surface area (Å²) in [5.74, 6) is 0.794. The molecule has 7 nitrogen and oxygen atoms in total. The highest BCUT2D eigenvalue weighted by atomic mass is 16.6. The topological polar surface area (TPSA) is 84.7 Å². The highest BCUT2D eigenvalue weighted by Crippen LogP contribution is 2.45. The molecule has 0 saturated carbocycles. The second-order valence-corrected chi connectivity index (χ2v) is 6.90. The number of aryl methyl sites for hydroxylation is 1. The van der Waals surface area contributed by atoms with Crippen LogP contribution in [0, 0.1) is 10.1 Å². The van der Waals surface area contributed by atoms with Gasteiger partial charge in [0.1, 0.15) is 11.8 Å². The number of fused-ring (bicyclic) bond motifs is 2. The van der Waals surface area contributed by atoms with Gasteiger partial charge in [-0.1, -0.05) is 6.92 Å². The van der Waals surface area contributed by atoms with E-state index in [1.165, 1.54) is 17.7 Å². The van der Waals surface area contributed by atoms with Crippen molar-refractivity contribution in [3.05, 3.63) is 74.8 Å². The van der Waals surface area contributed by atoms with Crippen LogP contribution in [0.15, 0.2) is 48.0 Å². The van der Waals surface area contributed by atoms with Crippen LogP contribution in [0.5, 0.6) is 5.75 Å². The lowest BCUT2D eigenvalue weighted by molar-refractivity contribution is -0.384. The van der Waals surface area contributed by atoms with Gasteiger partial charge in [-0.05, 0) is 59.9 Å². The predicted molar refractivity (Wildman–Crippen MR) is 104 cm³/mol. The lowest BCUT2D eigenvalue weighted by Gasteiger charge is -2.26. The molecule has 1 unspecified atom stereocenters. The minimum absolute atomic E-state index is 0.0205. The first-order valence-electron chi connectivity index (χ1n) is 9.27. The molecule has 2 aliphatic rings. The van der Waals surface area contributed by atoms with Gasteiger partial charge in [0.25, 0.3) is 5.69 Å². The maximum atomic E-state index is 12.6. The normalized spacial score (nSPS) is 17.6. The molecule has 2 aromatic carbocycles. The number of methoxy groups -OCH3 is 1. The first-order chi connectivity index (χ1) is 13.5. The third kappa shape index (κ3) is 2.89. The van der Waals surface area contributed by atoms with Crippen LogP contribution in [0.25, 0.3) is 5.70 Å². The molecular weight excluding hydrogens is 358 g/mol. The largest absolute Gasteiger partial charge is 0.497 e. The number of nitro groups is 1. The number of nitro benzene ring substituents is 1. The van der Waals surface area contributed by atoms with E-state index in [9.17, 15) is 14.9 Å². The lowest BCUT2D eigenvalue weighted by atomic mass is 9.85. The van der Waals surface area contributed by atoms with Gasteiger partial charge in [0, 0.05) is 24.1 Å². The van der Waals surface area contributed by atoms with Crippen molar-refractivity contribution in [2.24, 2.45) is 0 Å². The van der Waals surface area contributed by atoms with Gasteiger partial charge in [0.05, 0.1) is 17.7 Å². The summed E-state index contributed by atoms with van der Waals surface area (Å²) in [6.45, 7) is 1.83. The Morgan fingerprint density at radius 3 is 2.64 bits per heavy atom. The number of hydrogen-bond donors (Lipinski definition) is 1. The SMILES string of the molecule is CCC(=O)N1NC2=C(CCc3cc(OC)ccc32)C1c1ccc([N+](=O)[O-])cc1. The smallest absolute Gasteiger partial charge is 0.269 e. The van der Waals surface area contributed by atoms with Crippen molar-refractivity contribution in [3.8, 4) is 5.75 Å². The molecule has 0 bridgehead atoms. The Morgan fingerprint density at radius 1 is 1.25 bits per heavy atom. The second-order valence-electron chi connectivity index (χ2n) is 6.90. The summed E-state index contributed by atoms with van der Waals surface area (Å²) in [6, 6.07) is 12.2. The minimum atomic E-state index is -0.416. The van der Waals surface area contributed by atoms with Crippen molar-refractivity contribution in [3.63, 3.8) is 0 Å². The van der Waals surface area contributed by atoms with Crippen molar-refractivity contribution in [1.29, 1.82) is 0 Å². The molecule has 1 heterocycles. The molecule has 144 valence electrons. The van der Waals surface area contributed by atoms with Gasteiger partial charge < -0.3 is 4.74 Å².